The summed E-state index contributed by atoms with van der Waals surface area (Å²) in [5, 5.41) is 3.38. The van der Waals surface area contributed by atoms with E-state index in [0.717, 1.165) is 18.8 Å². The Hall–Kier alpha value is -1.59. The number of carbonyl (C=O) groups is 1. The molecular formula is C16H24N2O3. The lowest BCUT2D eigenvalue weighted by atomic mass is 10.1. The molecule has 0 spiro atoms. The summed E-state index contributed by atoms with van der Waals surface area (Å²) in [4.78, 5) is 14.5. The van der Waals surface area contributed by atoms with Crippen LogP contribution in [0.4, 0.5) is 0 Å². The predicted octanol–water partition coefficient (Wildman–Crippen LogP) is 1.53. The van der Waals surface area contributed by atoms with Crippen LogP contribution in [0, 0.1) is 0 Å². The van der Waals surface area contributed by atoms with Gasteiger partial charge in [0, 0.05) is 37.8 Å². The molecular weight excluding hydrogens is 268 g/mol. The summed E-state index contributed by atoms with van der Waals surface area (Å²) < 4.78 is 10.4. The fourth-order valence-electron chi connectivity index (χ4n) is 2.45. The van der Waals surface area contributed by atoms with Gasteiger partial charge in [-0.25, -0.2) is 0 Å². The lowest BCUT2D eigenvalue weighted by molar-refractivity contribution is 0.0603. The van der Waals surface area contributed by atoms with Crippen molar-refractivity contribution in [2.75, 3.05) is 33.4 Å². The Labute approximate surface area is 126 Å². The molecule has 5 heteroatoms. The zero-order chi connectivity index (χ0) is 15.2. The number of nitrogens with one attached hydrogen (secondary N) is 1. The molecule has 0 radical (unpaired) electrons. The smallest absolute Gasteiger partial charge is 0.254 e. The van der Waals surface area contributed by atoms with Crippen molar-refractivity contribution in [2.24, 2.45) is 0 Å². The molecule has 0 aromatic heterocycles. The summed E-state index contributed by atoms with van der Waals surface area (Å²) in [5.74, 6) is 0.838. The number of ether oxygens (including phenoxy) is 2. The van der Waals surface area contributed by atoms with Crippen LogP contribution in [0.1, 0.15) is 24.2 Å². The number of carbonyl (C=O) groups excluding carboxylic acids is 1. The number of piperazine rings is 1. The Bertz CT molecular complexity index is 461. The maximum absolute atomic E-state index is 12.6. The number of benzene rings is 1. The van der Waals surface area contributed by atoms with Crippen LogP contribution in [0.5, 0.6) is 5.75 Å². The summed E-state index contributed by atoms with van der Waals surface area (Å²) in [6, 6.07) is 7.83. The van der Waals surface area contributed by atoms with Gasteiger partial charge in [0.1, 0.15) is 12.4 Å². The second-order valence-corrected chi connectivity index (χ2v) is 5.35. The van der Waals surface area contributed by atoms with E-state index in [9.17, 15) is 4.79 Å². The Morgan fingerprint density at radius 2 is 2.00 bits per heavy atom. The molecule has 1 heterocycles. The summed E-state index contributed by atoms with van der Waals surface area (Å²) in [7, 11) is 1.64. The minimum Gasteiger partial charge on any atom is -0.491 e. The first-order valence-corrected chi connectivity index (χ1v) is 7.39. The van der Waals surface area contributed by atoms with E-state index in [1.54, 1.807) is 7.11 Å². The van der Waals surface area contributed by atoms with Crippen LogP contribution in [0.25, 0.3) is 0 Å². The minimum atomic E-state index is 0.0827. The van der Waals surface area contributed by atoms with E-state index in [1.165, 1.54) is 0 Å². The summed E-state index contributed by atoms with van der Waals surface area (Å²) in [6.07, 6.45) is 0. The number of methoxy groups -OCH3 is 1. The van der Waals surface area contributed by atoms with Crippen LogP contribution in [0.2, 0.25) is 0 Å². The standard InChI is InChI=1S/C16H24N2O3/c1-12-13(2)18(9-8-17-12)16(19)14-4-6-15(7-5-14)21-11-10-20-3/h4-7,12-13,17H,8-11H2,1-3H3. The lowest BCUT2D eigenvalue weighted by Gasteiger charge is -2.38. The summed E-state index contributed by atoms with van der Waals surface area (Å²) in [6.45, 7) is 6.84. The van der Waals surface area contributed by atoms with Crippen LogP contribution in [-0.2, 0) is 4.74 Å². The average Bonchev–Trinajstić information content (AvgIpc) is 2.50. The highest BCUT2D eigenvalue weighted by molar-refractivity contribution is 5.94. The van der Waals surface area contributed by atoms with Gasteiger partial charge < -0.3 is 19.7 Å². The Balaban J connectivity index is 1.99. The van der Waals surface area contributed by atoms with Gasteiger partial charge in [0.05, 0.1) is 6.61 Å². The molecule has 1 N–H and O–H groups in total. The topological polar surface area (TPSA) is 50.8 Å². The quantitative estimate of drug-likeness (QED) is 0.836. The van der Waals surface area contributed by atoms with E-state index in [0.29, 0.717) is 24.8 Å². The van der Waals surface area contributed by atoms with Crippen LogP contribution in [-0.4, -0.2) is 56.3 Å². The van der Waals surface area contributed by atoms with Gasteiger partial charge in [-0.1, -0.05) is 0 Å². The molecule has 1 fully saturated rings. The second-order valence-electron chi connectivity index (χ2n) is 5.35. The maximum Gasteiger partial charge on any atom is 0.254 e. The van der Waals surface area contributed by atoms with Crippen LogP contribution in [0.3, 0.4) is 0 Å². The van der Waals surface area contributed by atoms with Gasteiger partial charge >= 0.3 is 0 Å². The van der Waals surface area contributed by atoms with Crippen LogP contribution < -0.4 is 10.1 Å². The van der Waals surface area contributed by atoms with Crippen molar-refractivity contribution in [3.8, 4) is 5.75 Å². The molecule has 1 aliphatic heterocycles. The first kappa shape index (κ1) is 15.8. The zero-order valence-corrected chi connectivity index (χ0v) is 13.0. The molecule has 2 unspecified atom stereocenters. The number of hydrogen-bond donors (Lipinski definition) is 1. The molecule has 5 nitrogen and oxygen atoms in total. The minimum absolute atomic E-state index is 0.0827. The van der Waals surface area contributed by atoms with E-state index in [1.807, 2.05) is 29.2 Å². The molecule has 1 aromatic carbocycles. The summed E-state index contributed by atoms with van der Waals surface area (Å²) in [5.41, 5.74) is 0.704. The van der Waals surface area contributed by atoms with Gasteiger partial charge in [-0.15, -0.1) is 0 Å². The summed E-state index contributed by atoms with van der Waals surface area (Å²) >= 11 is 0. The first-order chi connectivity index (χ1) is 10.1. The third kappa shape index (κ3) is 3.95. The molecule has 1 saturated heterocycles. The van der Waals surface area contributed by atoms with Crippen molar-refractivity contribution in [1.29, 1.82) is 0 Å². The Morgan fingerprint density at radius 3 is 2.67 bits per heavy atom. The van der Waals surface area contributed by atoms with Crippen molar-refractivity contribution >= 4 is 5.91 Å². The van der Waals surface area contributed by atoms with E-state index in [2.05, 4.69) is 19.2 Å². The van der Waals surface area contributed by atoms with E-state index < -0.39 is 0 Å². The molecule has 0 saturated carbocycles. The van der Waals surface area contributed by atoms with Crippen LogP contribution in [0.15, 0.2) is 24.3 Å². The van der Waals surface area contributed by atoms with Gasteiger partial charge in [0.15, 0.2) is 0 Å². The monoisotopic (exact) mass is 292 g/mol. The van der Waals surface area contributed by atoms with Crippen LogP contribution >= 0.6 is 0 Å². The lowest BCUT2D eigenvalue weighted by Crippen LogP contribution is -2.57. The number of rotatable bonds is 5. The molecule has 2 rings (SSSR count). The van der Waals surface area contributed by atoms with Crippen molar-refractivity contribution in [3.05, 3.63) is 29.8 Å². The van der Waals surface area contributed by atoms with Gasteiger partial charge in [0.2, 0.25) is 0 Å². The highest BCUT2D eigenvalue weighted by atomic mass is 16.5. The Kier molecular flexibility index (Phi) is 5.59. The largest absolute Gasteiger partial charge is 0.491 e. The number of nitrogens with zero attached hydrogens (tertiary/aromatic N) is 1. The van der Waals surface area contributed by atoms with E-state index >= 15 is 0 Å². The molecule has 1 amide bonds. The Morgan fingerprint density at radius 1 is 1.29 bits per heavy atom. The molecule has 21 heavy (non-hydrogen) atoms. The van der Waals surface area contributed by atoms with Gasteiger partial charge in [-0.2, -0.15) is 0 Å². The first-order valence-electron chi connectivity index (χ1n) is 7.39. The zero-order valence-electron chi connectivity index (χ0n) is 13.0. The second kappa shape index (κ2) is 7.43. The molecule has 1 aromatic rings. The molecule has 0 aliphatic carbocycles. The van der Waals surface area contributed by atoms with E-state index in [-0.39, 0.29) is 11.9 Å². The fourth-order valence-corrected chi connectivity index (χ4v) is 2.45. The third-order valence-electron chi connectivity index (χ3n) is 3.95. The normalized spacial score (nSPS) is 22.1. The fraction of sp³-hybridized carbons (Fsp3) is 0.562. The molecule has 0 bridgehead atoms. The predicted molar refractivity (Wildman–Crippen MR) is 81.8 cm³/mol. The third-order valence-corrected chi connectivity index (χ3v) is 3.95. The van der Waals surface area contributed by atoms with Crippen molar-refractivity contribution in [2.45, 2.75) is 25.9 Å². The number of amides is 1. The molecule has 1 aliphatic rings. The maximum atomic E-state index is 12.6. The van der Waals surface area contributed by atoms with Crippen molar-refractivity contribution in [1.82, 2.24) is 10.2 Å². The van der Waals surface area contributed by atoms with Crippen molar-refractivity contribution < 1.29 is 14.3 Å². The highest BCUT2D eigenvalue weighted by Crippen LogP contribution is 2.17. The van der Waals surface area contributed by atoms with Crippen molar-refractivity contribution in [3.63, 3.8) is 0 Å². The van der Waals surface area contributed by atoms with Gasteiger partial charge in [0.25, 0.3) is 5.91 Å². The molecule has 116 valence electrons. The number of hydrogen-bond acceptors (Lipinski definition) is 4. The van der Waals surface area contributed by atoms with Gasteiger partial charge in [-0.3, -0.25) is 4.79 Å². The SMILES string of the molecule is COCCOc1ccc(C(=O)N2CCNC(C)C2C)cc1. The van der Waals surface area contributed by atoms with E-state index in [4.69, 9.17) is 9.47 Å². The average molecular weight is 292 g/mol. The molecule has 2 atom stereocenters. The highest BCUT2D eigenvalue weighted by Gasteiger charge is 2.28. The van der Waals surface area contributed by atoms with Gasteiger partial charge in [-0.05, 0) is 38.1 Å².